The second kappa shape index (κ2) is 4.52. The first-order valence-corrected chi connectivity index (χ1v) is 5.76. The summed E-state index contributed by atoms with van der Waals surface area (Å²) in [6.07, 6.45) is 3.19. The van der Waals surface area contributed by atoms with Crippen LogP contribution in [0.1, 0.15) is 30.4 Å². The van der Waals surface area contributed by atoms with E-state index in [-0.39, 0.29) is 18.0 Å². The highest BCUT2D eigenvalue weighted by atomic mass is 19.1. The van der Waals surface area contributed by atoms with Crippen molar-refractivity contribution in [2.45, 2.75) is 38.3 Å². The predicted molar refractivity (Wildman–Crippen MR) is 61.6 cm³/mol. The van der Waals surface area contributed by atoms with E-state index in [1.54, 1.807) is 19.1 Å². The van der Waals surface area contributed by atoms with Crippen LogP contribution >= 0.6 is 0 Å². The number of halogens is 1. The number of hydrogen-bond acceptors (Lipinski definition) is 2. The molecule has 1 aromatic carbocycles. The molecule has 0 saturated heterocycles. The lowest BCUT2D eigenvalue weighted by Crippen LogP contribution is -2.53. The molecule has 0 bridgehead atoms. The molecular weight excluding hydrogens is 205 g/mol. The average molecular weight is 223 g/mol. The van der Waals surface area contributed by atoms with Gasteiger partial charge in [0, 0.05) is 12.1 Å². The van der Waals surface area contributed by atoms with Crippen molar-refractivity contribution < 1.29 is 9.50 Å². The molecule has 2 N–H and O–H groups in total. The van der Waals surface area contributed by atoms with Crippen molar-refractivity contribution >= 4 is 0 Å². The van der Waals surface area contributed by atoms with E-state index in [1.807, 2.05) is 6.07 Å². The number of rotatable bonds is 4. The Morgan fingerprint density at radius 2 is 2.19 bits per heavy atom. The number of hydrogen-bond donors (Lipinski definition) is 2. The fourth-order valence-electron chi connectivity index (χ4n) is 2.03. The lowest BCUT2D eigenvalue weighted by atomic mass is 9.77. The van der Waals surface area contributed by atoms with Crippen molar-refractivity contribution in [3.8, 4) is 0 Å². The van der Waals surface area contributed by atoms with Gasteiger partial charge in [-0.05, 0) is 43.4 Å². The summed E-state index contributed by atoms with van der Waals surface area (Å²) in [5.74, 6) is -0.161. The molecular formula is C13H18FNO. The van der Waals surface area contributed by atoms with E-state index in [2.05, 4.69) is 5.32 Å². The largest absolute Gasteiger partial charge is 0.394 e. The first-order valence-electron chi connectivity index (χ1n) is 5.76. The van der Waals surface area contributed by atoms with E-state index < -0.39 is 0 Å². The summed E-state index contributed by atoms with van der Waals surface area (Å²) in [5, 5.41) is 12.6. The van der Waals surface area contributed by atoms with E-state index in [0.717, 1.165) is 24.8 Å². The SMILES string of the molecule is Cc1ccc(CNC2(CO)CCC2)cc1F. The Labute approximate surface area is 95.5 Å². The first kappa shape index (κ1) is 11.6. The fraction of sp³-hybridized carbons (Fsp3) is 0.538. The Morgan fingerprint density at radius 3 is 2.69 bits per heavy atom. The highest BCUT2D eigenvalue weighted by Gasteiger charge is 2.35. The summed E-state index contributed by atoms with van der Waals surface area (Å²) in [4.78, 5) is 0. The summed E-state index contributed by atoms with van der Waals surface area (Å²) < 4.78 is 13.3. The zero-order valence-electron chi connectivity index (χ0n) is 9.59. The Balaban J connectivity index is 1.96. The third-order valence-corrected chi connectivity index (χ3v) is 3.52. The van der Waals surface area contributed by atoms with Crippen molar-refractivity contribution in [3.63, 3.8) is 0 Å². The van der Waals surface area contributed by atoms with Crippen LogP contribution < -0.4 is 5.32 Å². The van der Waals surface area contributed by atoms with Gasteiger partial charge in [0.15, 0.2) is 0 Å². The molecule has 88 valence electrons. The molecule has 1 aliphatic carbocycles. The molecule has 3 heteroatoms. The second-order valence-electron chi connectivity index (χ2n) is 4.73. The first-order chi connectivity index (χ1) is 7.65. The molecule has 16 heavy (non-hydrogen) atoms. The van der Waals surface area contributed by atoms with Gasteiger partial charge in [-0.25, -0.2) is 4.39 Å². The van der Waals surface area contributed by atoms with Crippen LogP contribution in [-0.4, -0.2) is 17.3 Å². The molecule has 1 saturated carbocycles. The quantitative estimate of drug-likeness (QED) is 0.819. The van der Waals surface area contributed by atoms with E-state index in [4.69, 9.17) is 0 Å². The molecule has 2 rings (SSSR count). The second-order valence-corrected chi connectivity index (χ2v) is 4.73. The Hall–Kier alpha value is -0.930. The van der Waals surface area contributed by atoms with Gasteiger partial charge in [-0.15, -0.1) is 0 Å². The maximum Gasteiger partial charge on any atom is 0.126 e. The third-order valence-electron chi connectivity index (χ3n) is 3.52. The van der Waals surface area contributed by atoms with Crippen LogP contribution in [0.25, 0.3) is 0 Å². The van der Waals surface area contributed by atoms with Gasteiger partial charge in [0.25, 0.3) is 0 Å². The minimum Gasteiger partial charge on any atom is -0.394 e. The number of nitrogens with one attached hydrogen (secondary N) is 1. The van der Waals surface area contributed by atoms with Crippen LogP contribution in [0.3, 0.4) is 0 Å². The summed E-state index contributed by atoms with van der Waals surface area (Å²) >= 11 is 0. The van der Waals surface area contributed by atoms with E-state index in [9.17, 15) is 9.50 Å². The van der Waals surface area contributed by atoms with Gasteiger partial charge in [0.05, 0.1) is 6.61 Å². The van der Waals surface area contributed by atoms with Crippen molar-refractivity contribution in [1.82, 2.24) is 5.32 Å². The van der Waals surface area contributed by atoms with Crippen LogP contribution in [0.2, 0.25) is 0 Å². The fourth-order valence-corrected chi connectivity index (χ4v) is 2.03. The lowest BCUT2D eigenvalue weighted by Gasteiger charge is -2.41. The van der Waals surface area contributed by atoms with Crippen molar-refractivity contribution in [1.29, 1.82) is 0 Å². The molecule has 0 spiro atoms. The zero-order valence-corrected chi connectivity index (χ0v) is 9.59. The molecule has 1 aliphatic rings. The summed E-state index contributed by atoms with van der Waals surface area (Å²) in [6, 6.07) is 5.28. The normalized spacial score (nSPS) is 18.2. The Bertz CT molecular complexity index is 369. The van der Waals surface area contributed by atoms with Crippen molar-refractivity contribution in [2.24, 2.45) is 0 Å². The molecule has 2 nitrogen and oxygen atoms in total. The van der Waals surface area contributed by atoms with Gasteiger partial charge in [-0.1, -0.05) is 12.1 Å². The lowest BCUT2D eigenvalue weighted by molar-refractivity contribution is 0.0872. The summed E-state index contributed by atoms with van der Waals surface area (Å²) in [7, 11) is 0. The predicted octanol–water partition coefficient (Wildman–Crippen LogP) is 2.14. The van der Waals surface area contributed by atoms with Gasteiger partial charge >= 0.3 is 0 Å². The van der Waals surface area contributed by atoms with Gasteiger partial charge in [-0.3, -0.25) is 0 Å². The van der Waals surface area contributed by atoms with E-state index in [1.165, 1.54) is 0 Å². The third kappa shape index (κ3) is 2.25. The standard InChI is InChI=1S/C13H18FNO/c1-10-3-4-11(7-12(10)14)8-15-13(9-16)5-2-6-13/h3-4,7,15-16H,2,5-6,8-9H2,1H3. The maximum atomic E-state index is 13.3. The van der Waals surface area contributed by atoms with Gasteiger partial charge in [0.2, 0.25) is 0 Å². The molecule has 0 amide bonds. The monoisotopic (exact) mass is 223 g/mol. The van der Waals surface area contributed by atoms with Crippen molar-refractivity contribution in [2.75, 3.05) is 6.61 Å². The summed E-state index contributed by atoms with van der Waals surface area (Å²) in [5.41, 5.74) is 1.49. The molecule has 1 fully saturated rings. The molecule has 1 aromatic rings. The van der Waals surface area contributed by atoms with E-state index in [0.29, 0.717) is 12.1 Å². The number of aliphatic hydroxyl groups excluding tert-OH is 1. The van der Waals surface area contributed by atoms with Crippen LogP contribution in [0, 0.1) is 12.7 Å². The number of aliphatic hydroxyl groups is 1. The van der Waals surface area contributed by atoms with Crippen molar-refractivity contribution in [3.05, 3.63) is 35.1 Å². The zero-order chi connectivity index (χ0) is 11.6. The van der Waals surface area contributed by atoms with Gasteiger partial charge in [0.1, 0.15) is 5.82 Å². The molecule has 0 atom stereocenters. The molecule has 0 heterocycles. The van der Waals surface area contributed by atoms with Gasteiger partial charge in [-0.2, -0.15) is 0 Å². The summed E-state index contributed by atoms with van der Waals surface area (Å²) in [6.45, 7) is 2.55. The maximum absolute atomic E-state index is 13.3. The molecule has 0 unspecified atom stereocenters. The highest BCUT2D eigenvalue weighted by molar-refractivity contribution is 5.23. The molecule has 0 aliphatic heterocycles. The Morgan fingerprint density at radius 1 is 1.44 bits per heavy atom. The van der Waals surface area contributed by atoms with Crippen LogP contribution in [0.4, 0.5) is 4.39 Å². The smallest absolute Gasteiger partial charge is 0.126 e. The number of aryl methyl sites for hydroxylation is 1. The highest BCUT2D eigenvalue weighted by Crippen LogP contribution is 2.31. The minimum atomic E-state index is -0.161. The van der Waals surface area contributed by atoms with Crippen LogP contribution in [0.5, 0.6) is 0 Å². The number of benzene rings is 1. The van der Waals surface area contributed by atoms with Crippen LogP contribution in [0.15, 0.2) is 18.2 Å². The molecule has 0 radical (unpaired) electrons. The average Bonchev–Trinajstić information content (AvgIpc) is 2.22. The van der Waals surface area contributed by atoms with E-state index >= 15 is 0 Å². The Kier molecular flexibility index (Phi) is 3.26. The minimum absolute atomic E-state index is 0.110. The molecule has 0 aromatic heterocycles. The van der Waals surface area contributed by atoms with Gasteiger partial charge < -0.3 is 10.4 Å². The topological polar surface area (TPSA) is 32.3 Å². The van der Waals surface area contributed by atoms with Crippen LogP contribution in [-0.2, 0) is 6.54 Å².